The fraction of sp³-hybridized carbons (Fsp3) is 0.333. The Labute approximate surface area is 126 Å². The largest absolute Gasteiger partial charge is 0.296 e. The predicted octanol–water partition coefficient (Wildman–Crippen LogP) is 4.70. The van der Waals surface area contributed by atoms with Gasteiger partial charge in [0.15, 0.2) is 0 Å². The normalized spacial score (nSPS) is 19.1. The van der Waals surface area contributed by atoms with Gasteiger partial charge in [-0.1, -0.05) is 48.0 Å². The first kappa shape index (κ1) is 13.7. The van der Waals surface area contributed by atoms with Crippen LogP contribution in [0.15, 0.2) is 48.5 Å². The molecule has 1 nitrogen and oxygen atoms in total. The molecule has 1 aliphatic heterocycles. The first-order chi connectivity index (χ1) is 9.65. The van der Waals surface area contributed by atoms with Gasteiger partial charge in [0.2, 0.25) is 0 Å². The highest BCUT2D eigenvalue weighted by atomic mass is 35.5. The molecule has 3 rings (SSSR count). The van der Waals surface area contributed by atoms with Crippen LogP contribution in [-0.2, 0) is 6.54 Å². The number of nitrogens with zero attached hydrogens (tertiary/aromatic N) is 1. The minimum atomic E-state index is 0.444. The molecule has 0 N–H and O–H groups in total. The van der Waals surface area contributed by atoms with Crippen molar-refractivity contribution in [3.05, 3.63) is 70.2 Å². The summed E-state index contributed by atoms with van der Waals surface area (Å²) in [7, 11) is 0. The molecule has 0 spiro atoms. The Morgan fingerprint density at radius 1 is 1.05 bits per heavy atom. The van der Waals surface area contributed by atoms with Gasteiger partial charge in [-0.25, -0.2) is 0 Å². The van der Waals surface area contributed by atoms with Gasteiger partial charge in [0.1, 0.15) is 0 Å². The topological polar surface area (TPSA) is 3.24 Å². The van der Waals surface area contributed by atoms with E-state index in [-0.39, 0.29) is 0 Å². The molecule has 0 aromatic heterocycles. The Morgan fingerprint density at radius 3 is 2.45 bits per heavy atom. The first-order valence-corrected chi connectivity index (χ1v) is 7.60. The van der Waals surface area contributed by atoms with Gasteiger partial charge < -0.3 is 0 Å². The lowest BCUT2D eigenvalue weighted by molar-refractivity contribution is 0.192. The lowest BCUT2D eigenvalue weighted by Gasteiger charge is -2.37. The van der Waals surface area contributed by atoms with E-state index in [9.17, 15) is 0 Å². The van der Waals surface area contributed by atoms with Crippen molar-refractivity contribution in [2.45, 2.75) is 32.4 Å². The van der Waals surface area contributed by atoms with Gasteiger partial charge in [-0.3, -0.25) is 4.90 Å². The van der Waals surface area contributed by atoms with E-state index >= 15 is 0 Å². The quantitative estimate of drug-likeness (QED) is 0.773. The van der Waals surface area contributed by atoms with Crippen molar-refractivity contribution in [1.29, 1.82) is 0 Å². The van der Waals surface area contributed by atoms with Gasteiger partial charge in [-0.15, -0.1) is 0 Å². The molecule has 104 valence electrons. The van der Waals surface area contributed by atoms with E-state index in [0.717, 1.165) is 18.1 Å². The number of hydrogen-bond acceptors (Lipinski definition) is 1. The molecule has 1 unspecified atom stereocenters. The molecule has 0 bridgehead atoms. The molecule has 20 heavy (non-hydrogen) atoms. The van der Waals surface area contributed by atoms with Gasteiger partial charge in [0.25, 0.3) is 0 Å². The van der Waals surface area contributed by atoms with Crippen molar-refractivity contribution < 1.29 is 0 Å². The third kappa shape index (κ3) is 2.61. The summed E-state index contributed by atoms with van der Waals surface area (Å²) >= 11 is 6.02. The molecule has 2 aromatic rings. The lowest BCUT2D eigenvalue weighted by atomic mass is 9.84. The van der Waals surface area contributed by atoms with Crippen molar-refractivity contribution in [2.24, 2.45) is 0 Å². The molecule has 2 heteroatoms. The zero-order valence-electron chi connectivity index (χ0n) is 12.0. The summed E-state index contributed by atoms with van der Waals surface area (Å²) in [5.74, 6) is 0.444. The van der Waals surface area contributed by atoms with Crippen LogP contribution >= 0.6 is 11.6 Å². The average Bonchev–Trinajstić information content (AvgIpc) is 2.47. The molecule has 0 saturated carbocycles. The number of fused-ring (bicyclic) bond motifs is 1. The van der Waals surface area contributed by atoms with Crippen molar-refractivity contribution in [3.63, 3.8) is 0 Å². The zero-order chi connectivity index (χ0) is 14.1. The highest BCUT2D eigenvalue weighted by Gasteiger charge is 2.27. The molecule has 0 aliphatic carbocycles. The van der Waals surface area contributed by atoms with E-state index < -0.39 is 0 Å². The van der Waals surface area contributed by atoms with Crippen molar-refractivity contribution in [1.82, 2.24) is 4.90 Å². The molecular weight excluding hydrogens is 266 g/mol. The summed E-state index contributed by atoms with van der Waals surface area (Å²) in [6.45, 7) is 6.67. The maximum atomic E-state index is 6.02. The van der Waals surface area contributed by atoms with E-state index in [1.807, 2.05) is 12.1 Å². The van der Waals surface area contributed by atoms with Crippen LogP contribution in [-0.4, -0.2) is 17.5 Å². The Hall–Kier alpha value is -1.31. The SMILES string of the molecule is CC(C)N1Cc2ccccc2C(c2ccc(Cl)cc2)C1. The van der Waals surface area contributed by atoms with Crippen LogP contribution in [0.3, 0.4) is 0 Å². The Morgan fingerprint density at radius 2 is 1.75 bits per heavy atom. The summed E-state index contributed by atoms with van der Waals surface area (Å²) in [6.07, 6.45) is 0. The Bertz CT molecular complexity index is 589. The Balaban J connectivity index is 2.02. The molecular formula is C18H20ClN. The van der Waals surface area contributed by atoms with Crippen LogP contribution in [0.1, 0.15) is 36.5 Å². The summed E-state index contributed by atoms with van der Waals surface area (Å²) in [6, 6.07) is 17.7. The molecule has 0 amide bonds. The minimum Gasteiger partial charge on any atom is -0.296 e. The smallest absolute Gasteiger partial charge is 0.0406 e. The summed E-state index contributed by atoms with van der Waals surface area (Å²) in [5.41, 5.74) is 4.27. The lowest BCUT2D eigenvalue weighted by Crippen LogP contribution is -2.38. The number of hydrogen-bond donors (Lipinski definition) is 0. The maximum absolute atomic E-state index is 6.02. The molecule has 0 fully saturated rings. The Kier molecular flexibility index (Phi) is 3.82. The van der Waals surface area contributed by atoms with Crippen LogP contribution in [0.4, 0.5) is 0 Å². The second kappa shape index (κ2) is 5.59. The minimum absolute atomic E-state index is 0.444. The highest BCUT2D eigenvalue weighted by Crippen LogP contribution is 2.34. The summed E-state index contributed by atoms with van der Waals surface area (Å²) < 4.78 is 0. The molecule has 1 aliphatic rings. The molecule has 2 aromatic carbocycles. The maximum Gasteiger partial charge on any atom is 0.0406 e. The fourth-order valence-electron chi connectivity index (χ4n) is 3.01. The van der Waals surface area contributed by atoms with Crippen molar-refractivity contribution in [2.75, 3.05) is 6.54 Å². The van der Waals surface area contributed by atoms with Gasteiger partial charge in [-0.2, -0.15) is 0 Å². The third-order valence-corrected chi connectivity index (χ3v) is 4.48. The summed E-state index contributed by atoms with van der Waals surface area (Å²) in [5, 5.41) is 0.804. The van der Waals surface area contributed by atoms with Crippen LogP contribution in [0.25, 0.3) is 0 Å². The standard InChI is InChI=1S/C18H20ClN/c1-13(2)20-11-15-5-3-4-6-17(15)18(12-20)14-7-9-16(19)10-8-14/h3-10,13,18H,11-12H2,1-2H3. The van der Waals surface area contributed by atoms with Crippen molar-refractivity contribution >= 4 is 11.6 Å². The van der Waals surface area contributed by atoms with Crippen molar-refractivity contribution in [3.8, 4) is 0 Å². The summed E-state index contributed by atoms with van der Waals surface area (Å²) in [4.78, 5) is 2.54. The average molecular weight is 286 g/mol. The first-order valence-electron chi connectivity index (χ1n) is 7.22. The molecule has 0 radical (unpaired) electrons. The second-order valence-electron chi connectivity index (χ2n) is 5.83. The monoisotopic (exact) mass is 285 g/mol. The van der Waals surface area contributed by atoms with E-state index in [1.165, 1.54) is 16.7 Å². The van der Waals surface area contributed by atoms with E-state index in [4.69, 9.17) is 11.6 Å². The van der Waals surface area contributed by atoms with Gasteiger partial charge in [-0.05, 0) is 42.7 Å². The highest BCUT2D eigenvalue weighted by molar-refractivity contribution is 6.30. The van der Waals surface area contributed by atoms with Crippen LogP contribution in [0.5, 0.6) is 0 Å². The molecule has 1 heterocycles. The fourth-order valence-corrected chi connectivity index (χ4v) is 3.13. The molecule has 0 saturated heterocycles. The van der Waals surface area contributed by atoms with Gasteiger partial charge >= 0.3 is 0 Å². The van der Waals surface area contributed by atoms with E-state index in [0.29, 0.717) is 12.0 Å². The third-order valence-electron chi connectivity index (χ3n) is 4.22. The van der Waals surface area contributed by atoms with Crippen LogP contribution < -0.4 is 0 Å². The van der Waals surface area contributed by atoms with E-state index in [2.05, 4.69) is 55.1 Å². The molecule has 1 atom stereocenters. The van der Waals surface area contributed by atoms with E-state index in [1.54, 1.807) is 0 Å². The number of rotatable bonds is 2. The predicted molar refractivity (Wildman–Crippen MR) is 85.3 cm³/mol. The van der Waals surface area contributed by atoms with Crippen LogP contribution in [0.2, 0.25) is 5.02 Å². The zero-order valence-corrected chi connectivity index (χ0v) is 12.8. The number of halogens is 1. The second-order valence-corrected chi connectivity index (χ2v) is 6.26. The van der Waals surface area contributed by atoms with Crippen LogP contribution in [0, 0.1) is 0 Å². The van der Waals surface area contributed by atoms with Gasteiger partial charge in [0, 0.05) is 30.1 Å². The number of benzene rings is 2. The van der Waals surface area contributed by atoms with Gasteiger partial charge in [0.05, 0.1) is 0 Å².